The van der Waals surface area contributed by atoms with Gasteiger partial charge in [-0.15, -0.1) is 0 Å². The largest absolute Gasteiger partial charge is 0.497 e. The van der Waals surface area contributed by atoms with Gasteiger partial charge < -0.3 is 20.1 Å². The third-order valence-corrected chi connectivity index (χ3v) is 5.58. The van der Waals surface area contributed by atoms with E-state index in [0.717, 1.165) is 30.6 Å². The molecular formula is C20H32N2O3. The van der Waals surface area contributed by atoms with Crippen molar-refractivity contribution in [2.75, 3.05) is 20.2 Å². The first kappa shape index (κ1) is 19.7. The summed E-state index contributed by atoms with van der Waals surface area (Å²) in [6.45, 7) is 7.86. The van der Waals surface area contributed by atoms with Gasteiger partial charge in [0, 0.05) is 25.2 Å². The third-order valence-electron chi connectivity index (χ3n) is 5.58. The van der Waals surface area contributed by atoms with E-state index in [4.69, 9.17) is 4.74 Å². The van der Waals surface area contributed by atoms with Crippen molar-refractivity contribution in [2.24, 2.45) is 0 Å². The smallest absolute Gasteiger partial charge is 0.256 e. The standard InChI is InChI=1S/C20H32N2O3/c1-5-19(3,6-2)21-15-20(24)11-8-12-22(18(20)23)14-16-9-7-10-17(13-16)25-4/h7,9-10,13,21,24H,5-6,8,11-12,14-15H2,1-4H3. The summed E-state index contributed by atoms with van der Waals surface area (Å²) in [5, 5.41) is 14.4. The van der Waals surface area contributed by atoms with Crippen LogP contribution in [0, 0.1) is 0 Å². The van der Waals surface area contributed by atoms with E-state index in [2.05, 4.69) is 26.1 Å². The second-order valence-corrected chi connectivity index (χ2v) is 7.33. The molecule has 1 saturated heterocycles. The highest BCUT2D eigenvalue weighted by Gasteiger charge is 2.42. The number of carbonyl (C=O) groups excluding carboxylic acids is 1. The highest BCUT2D eigenvalue weighted by atomic mass is 16.5. The minimum atomic E-state index is -1.32. The van der Waals surface area contributed by atoms with Crippen molar-refractivity contribution in [3.63, 3.8) is 0 Å². The molecule has 5 heteroatoms. The van der Waals surface area contributed by atoms with Crippen LogP contribution in [0.2, 0.25) is 0 Å². The molecule has 0 saturated carbocycles. The molecule has 1 aliphatic heterocycles. The van der Waals surface area contributed by atoms with Crippen LogP contribution in [0.4, 0.5) is 0 Å². The summed E-state index contributed by atoms with van der Waals surface area (Å²) in [5.41, 5.74) is -0.356. The number of aliphatic hydroxyl groups is 1. The summed E-state index contributed by atoms with van der Waals surface area (Å²) in [6.07, 6.45) is 3.24. The number of methoxy groups -OCH3 is 1. The molecule has 0 aliphatic carbocycles. The summed E-state index contributed by atoms with van der Waals surface area (Å²) in [7, 11) is 1.63. The molecule has 1 amide bonds. The lowest BCUT2D eigenvalue weighted by molar-refractivity contribution is -0.157. The quantitative estimate of drug-likeness (QED) is 0.758. The molecule has 140 valence electrons. The Morgan fingerprint density at radius 3 is 2.72 bits per heavy atom. The Hall–Kier alpha value is -1.59. The molecule has 1 unspecified atom stereocenters. The topological polar surface area (TPSA) is 61.8 Å². The van der Waals surface area contributed by atoms with Crippen molar-refractivity contribution in [1.82, 2.24) is 10.2 Å². The Morgan fingerprint density at radius 2 is 2.08 bits per heavy atom. The van der Waals surface area contributed by atoms with Crippen molar-refractivity contribution >= 4 is 5.91 Å². The van der Waals surface area contributed by atoms with Gasteiger partial charge in [0.05, 0.1) is 7.11 Å². The SMILES string of the molecule is CCC(C)(CC)NCC1(O)CCCN(Cc2cccc(OC)c2)C1=O. The first-order valence-corrected chi connectivity index (χ1v) is 9.25. The maximum atomic E-state index is 12.9. The lowest BCUT2D eigenvalue weighted by atomic mass is 9.88. The number of piperidine rings is 1. The third kappa shape index (κ3) is 4.73. The molecule has 1 atom stereocenters. The van der Waals surface area contributed by atoms with Crippen LogP contribution in [0.15, 0.2) is 24.3 Å². The zero-order valence-electron chi connectivity index (χ0n) is 16.0. The fourth-order valence-corrected chi connectivity index (χ4v) is 3.23. The predicted molar refractivity (Wildman–Crippen MR) is 99.6 cm³/mol. The van der Waals surface area contributed by atoms with E-state index in [9.17, 15) is 9.90 Å². The maximum Gasteiger partial charge on any atom is 0.256 e. The number of carbonyl (C=O) groups is 1. The van der Waals surface area contributed by atoms with Crippen molar-refractivity contribution in [2.45, 2.75) is 64.1 Å². The normalized spacial score (nSPS) is 21.5. The number of amides is 1. The van der Waals surface area contributed by atoms with E-state index in [-0.39, 0.29) is 11.4 Å². The monoisotopic (exact) mass is 348 g/mol. The van der Waals surface area contributed by atoms with Crippen LogP contribution >= 0.6 is 0 Å². The zero-order valence-corrected chi connectivity index (χ0v) is 16.0. The van der Waals surface area contributed by atoms with E-state index < -0.39 is 5.60 Å². The van der Waals surface area contributed by atoms with E-state index >= 15 is 0 Å². The number of ether oxygens (including phenoxy) is 1. The van der Waals surface area contributed by atoms with Gasteiger partial charge in [0.1, 0.15) is 5.75 Å². The van der Waals surface area contributed by atoms with E-state index in [1.807, 2.05) is 24.3 Å². The van der Waals surface area contributed by atoms with Crippen molar-refractivity contribution in [3.8, 4) is 5.75 Å². The van der Waals surface area contributed by atoms with Gasteiger partial charge in [0.25, 0.3) is 5.91 Å². The van der Waals surface area contributed by atoms with Gasteiger partial charge in [-0.2, -0.15) is 0 Å². The minimum absolute atomic E-state index is 0.0505. The lowest BCUT2D eigenvalue weighted by Gasteiger charge is -2.40. The van der Waals surface area contributed by atoms with Crippen molar-refractivity contribution < 1.29 is 14.6 Å². The Balaban J connectivity index is 2.06. The zero-order chi connectivity index (χ0) is 18.5. The molecule has 0 bridgehead atoms. The highest BCUT2D eigenvalue weighted by molar-refractivity contribution is 5.86. The Kier molecular flexibility index (Phi) is 6.47. The molecule has 1 fully saturated rings. The Labute approximate surface area is 151 Å². The average Bonchev–Trinajstić information content (AvgIpc) is 2.64. The fourth-order valence-electron chi connectivity index (χ4n) is 3.23. The number of likely N-dealkylation sites (tertiary alicyclic amines) is 1. The summed E-state index contributed by atoms with van der Waals surface area (Å²) in [6, 6.07) is 7.72. The fraction of sp³-hybridized carbons (Fsp3) is 0.650. The number of nitrogens with one attached hydrogen (secondary N) is 1. The Bertz CT molecular complexity index is 586. The van der Waals surface area contributed by atoms with E-state index in [0.29, 0.717) is 26.1 Å². The summed E-state index contributed by atoms with van der Waals surface area (Å²) >= 11 is 0. The molecule has 1 aromatic rings. The van der Waals surface area contributed by atoms with Crippen molar-refractivity contribution in [1.29, 1.82) is 0 Å². The highest BCUT2D eigenvalue weighted by Crippen LogP contribution is 2.26. The van der Waals surface area contributed by atoms with Crippen LogP contribution in [-0.2, 0) is 11.3 Å². The second-order valence-electron chi connectivity index (χ2n) is 7.33. The van der Waals surface area contributed by atoms with E-state index in [1.54, 1.807) is 12.0 Å². The van der Waals surface area contributed by atoms with Gasteiger partial charge in [-0.3, -0.25) is 4.79 Å². The lowest BCUT2D eigenvalue weighted by Crippen LogP contribution is -2.60. The van der Waals surface area contributed by atoms with Crippen LogP contribution in [0.5, 0.6) is 5.75 Å². The number of β-amino-alcohol motifs (C(OH)–C–C–N with tert-alkyl or cyclic N) is 1. The van der Waals surface area contributed by atoms with Crippen LogP contribution in [-0.4, -0.2) is 47.3 Å². The summed E-state index contributed by atoms with van der Waals surface area (Å²) < 4.78 is 5.25. The number of benzene rings is 1. The summed E-state index contributed by atoms with van der Waals surface area (Å²) in [4.78, 5) is 14.7. The molecule has 0 radical (unpaired) electrons. The minimum Gasteiger partial charge on any atom is -0.497 e. The number of rotatable bonds is 8. The second kappa shape index (κ2) is 8.19. The first-order chi connectivity index (χ1) is 11.9. The van der Waals surface area contributed by atoms with Gasteiger partial charge in [-0.25, -0.2) is 0 Å². The van der Waals surface area contributed by atoms with Crippen LogP contribution in [0.25, 0.3) is 0 Å². The molecule has 1 heterocycles. The molecule has 2 N–H and O–H groups in total. The van der Waals surface area contributed by atoms with Gasteiger partial charge in [0.15, 0.2) is 5.60 Å². The molecular weight excluding hydrogens is 316 g/mol. The maximum absolute atomic E-state index is 12.9. The van der Waals surface area contributed by atoms with Gasteiger partial charge in [-0.1, -0.05) is 26.0 Å². The molecule has 0 aromatic heterocycles. The Morgan fingerprint density at radius 1 is 1.36 bits per heavy atom. The first-order valence-electron chi connectivity index (χ1n) is 9.25. The molecule has 5 nitrogen and oxygen atoms in total. The molecule has 2 rings (SSSR count). The van der Waals surface area contributed by atoms with Gasteiger partial charge >= 0.3 is 0 Å². The van der Waals surface area contributed by atoms with Crippen molar-refractivity contribution in [3.05, 3.63) is 29.8 Å². The molecule has 1 aromatic carbocycles. The number of nitrogens with zero attached hydrogens (tertiary/aromatic N) is 1. The van der Waals surface area contributed by atoms with Crippen LogP contribution in [0.3, 0.4) is 0 Å². The van der Waals surface area contributed by atoms with Gasteiger partial charge in [0.2, 0.25) is 0 Å². The molecule has 25 heavy (non-hydrogen) atoms. The number of hydrogen-bond acceptors (Lipinski definition) is 4. The summed E-state index contributed by atoms with van der Waals surface area (Å²) in [5.74, 6) is 0.601. The predicted octanol–water partition coefficient (Wildman–Crippen LogP) is 2.72. The van der Waals surface area contributed by atoms with Crippen LogP contribution < -0.4 is 10.1 Å². The average molecular weight is 348 g/mol. The molecule has 1 aliphatic rings. The number of hydrogen-bond donors (Lipinski definition) is 2. The van der Waals surface area contributed by atoms with Crippen LogP contribution in [0.1, 0.15) is 52.0 Å². The van der Waals surface area contributed by atoms with E-state index in [1.165, 1.54) is 0 Å². The van der Waals surface area contributed by atoms with Gasteiger partial charge in [-0.05, 0) is 50.3 Å². The molecule has 0 spiro atoms.